The molecule has 0 amide bonds. The van der Waals surface area contributed by atoms with Gasteiger partial charge < -0.3 is 0 Å². The Bertz CT molecular complexity index is 198. The third-order valence-corrected chi connectivity index (χ3v) is 1.11. The number of hydrogen-bond donors (Lipinski definition) is 2. The van der Waals surface area contributed by atoms with Gasteiger partial charge in [0.2, 0.25) is 17.3 Å². The van der Waals surface area contributed by atoms with Gasteiger partial charge in [0.1, 0.15) is 0 Å². The van der Waals surface area contributed by atoms with Crippen LogP contribution in [-0.4, -0.2) is 21.0 Å². The van der Waals surface area contributed by atoms with Crippen LogP contribution in [0.15, 0.2) is 0 Å². The molecule has 0 aromatic rings. The molecule has 0 aromatic carbocycles. The van der Waals surface area contributed by atoms with E-state index in [0.29, 0.717) is 0 Å². The molecule has 0 bridgehead atoms. The van der Waals surface area contributed by atoms with Crippen LogP contribution in [0, 0.1) is 11.3 Å². The monoisotopic (exact) mass is 188 g/mol. The van der Waals surface area contributed by atoms with Crippen molar-refractivity contribution in [2.24, 2.45) is 0 Å². The number of nitriles is 1. The highest BCUT2D eigenvalue weighted by molar-refractivity contribution is 7.77. The van der Waals surface area contributed by atoms with E-state index in [1.807, 2.05) is 0 Å². The van der Waals surface area contributed by atoms with Gasteiger partial charge in [0, 0.05) is 0 Å². The summed E-state index contributed by atoms with van der Waals surface area (Å²) < 4.78 is 53.5. The van der Waals surface area contributed by atoms with Crippen LogP contribution in [0.25, 0.3) is 0 Å². The van der Waals surface area contributed by atoms with Crippen LogP contribution < -0.4 is 4.72 Å². The Kier molecular flexibility index (Phi) is 3.44. The minimum Gasteiger partial charge on any atom is -0.294 e. The van der Waals surface area contributed by atoms with Crippen LogP contribution in [0.2, 0.25) is 0 Å². The maximum atomic E-state index is 11.6. The molecule has 2 unspecified atom stereocenters. The third-order valence-electron chi connectivity index (χ3n) is 0.675. The van der Waals surface area contributed by atoms with Crippen molar-refractivity contribution in [3.8, 4) is 6.07 Å². The molecule has 0 rings (SSSR count). The van der Waals surface area contributed by atoms with Gasteiger partial charge in [-0.3, -0.25) is 4.55 Å². The normalized spacial score (nSPS) is 17.0. The van der Waals surface area contributed by atoms with Gasteiger partial charge in [0.25, 0.3) is 0 Å². The molecule has 0 saturated carbocycles. The molecule has 0 aliphatic rings. The summed E-state index contributed by atoms with van der Waals surface area (Å²) in [5, 5.41) is 7.83. The van der Waals surface area contributed by atoms with Gasteiger partial charge >= 0.3 is 6.18 Å². The van der Waals surface area contributed by atoms with Gasteiger partial charge in [-0.15, -0.1) is 0 Å². The zero-order valence-corrected chi connectivity index (χ0v) is 5.74. The minimum absolute atomic E-state index is 0.784. The maximum Gasteiger partial charge on any atom is 0.418 e. The summed E-state index contributed by atoms with van der Waals surface area (Å²) in [6.07, 6.45) is -4.83. The Balaban J connectivity index is 4.22. The number of nitrogens with zero attached hydrogens (tertiary/aromatic N) is 1. The Morgan fingerprint density at radius 3 is 2.18 bits per heavy atom. The molecule has 4 nitrogen and oxygen atoms in total. The summed E-state index contributed by atoms with van der Waals surface area (Å²) in [4.78, 5) is 0. The molecule has 11 heavy (non-hydrogen) atoms. The molecule has 0 spiro atoms. The first kappa shape index (κ1) is 10.3. The van der Waals surface area contributed by atoms with Crippen molar-refractivity contribution in [2.75, 3.05) is 0 Å². The van der Waals surface area contributed by atoms with Crippen LogP contribution in [0.4, 0.5) is 13.2 Å². The second-order valence-corrected chi connectivity index (χ2v) is 2.20. The summed E-state index contributed by atoms with van der Waals surface area (Å²) in [6.45, 7) is 0. The minimum atomic E-state index is -4.83. The van der Waals surface area contributed by atoms with Crippen molar-refractivity contribution >= 4 is 11.3 Å². The standard InChI is InChI=1S/C3H3F3N2O2S/c4-3(5,6)2(1-7)8-11(9)10/h2,8H,(H,9,10). The first-order valence-corrected chi connectivity index (χ1v) is 3.32. The SMILES string of the molecule is N#CC(NS(=O)O)C(F)(F)F. The zero-order chi connectivity index (χ0) is 9.07. The summed E-state index contributed by atoms with van der Waals surface area (Å²) in [6, 6.07) is -1.82. The highest BCUT2D eigenvalue weighted by Crippen LogP contribution is 2.19. The van der Waals surface area contributed by atoms with Crippen molar-refractivity contribution in [1.82, 2.24) is 4.72 Å². The van der Waals surface area contributed by atoms with E-state index in [0.717, 1.165) is 10.8 Å². The number of halogens is 3. The lowest BCUT2D eigenvalue weighted by molar-refractivity contribution is -0.138. The van der Waals surface area contributed by atoms with Crippen molar-refractivity contribution in [3.63, 3.8) is 0 Å². The van der Waals surface area contributed by atoms with Crippen LogP contribution in [-0.2, 0) is 11.3 Å². The topological polar surface area (TPSA) is 73.1 Å². The van der Waals surface area contributed by atoms with E-state index in [1.165, 1.54) is 0 Å². The molecule has 0 aromatic heterocycles. The molecule has 2 atom stereocenters. The number of nitrogens with one attached hydrogen (secondary N) is 1. The fourth-order valence-corrected chi connectivity index (χ4v) is 0.655. The Labute approximate surface area is 62.4 Å². The van der Waals surface area contributed by atoms with E-state index in [2.05, 4.69) is 0 Å². The van der Waals surface area contributed by atoms with Crippen LogP contribution in [0.1, 0.15) is 0 Å². The predicted molar refractivity (Wildman–Crippen MR) is 29.4 cm³/mol. The highest BCUT2D eigenvalue weighted by Gasteiger charge is 2.40. The summed E-state index contributed by atoms with van der Waals surface area (Å²) >= 11 is -2.83. The molecular weight excluding hydrogens is 185 g/mol. The molecule has 0 fully saturated rings. The van der Waals surface area contributed by atoms with Gasteiger partial charge in [0.15, 0.2) is 0 Å². The molecule has 0 heterocycles. The molecule has 0 saturated heterocycles. The van der Waals surface area contributed by atoms with Crippen LogP contribution >= 0.6 is 0 Å². The van der Waals surface area contributed by atoms with E-state index in [-0.39, 0.29) is 0 Å². The summed E-state index contributed by atoms with van der Waals surface area (Å²) in [7, 11) is 0. The first-order valence-electron chi connectivity index (χ1n) is 2.21. The van der Waals surface area contributed by atoms with E-state index < -0.39 is 23.5 Å². The van der Waals surface area contributed by atoms with E-state index in [9.17, 15) is 17.4 Å². The molecule has 0 aliphatic heterocycles. The smallest absolute Gasteiger partial charge is 0.294 e. The van der Waals surface area contributed by atoms with Crippen molar-refractivity contribution in [1.29, 1.82) is 5.26 Å². The van der Waals surface area contributed by atoms with Crippen molar-refractivity contribution in [3.05, 3.63) is 0 Å². The van der Waals surface area contributed by atoms with Crippen molar-refractivity contribution in [2.45, 2.75) is 12.2 Å². The van der Waals surface area contributed by atoms with E-state index in [1.54, 1.807) is 0 Å². The Morgan fingerprint density at radius 2 is 2.09 bits per heavy atom. The number of rotatable bonds is 2. The molecular formula is C3H3F3N2O2S. The fourth-order valence-electron chi connectivity index (χ4n) is 0.267. The molecule has 8 heteroatoms. The van der Waals surface area contributed by atoms with Crippen molar-refractivity contribution < 1.29 is 21.9 Å². The van der Waals surface area contributed by atoms with Crippen LogP contribution in [0.3, 0.4) is 0 Å². The molecule has 64 valence electrons. The quantitative estimate of drug-likeness (QED) is 0.606. The number of alkyl halides is 3. The zero-order valence-electron chi connectivity index (χ0n) is 4.92. The van der Waals surface area contributed by atoms with Gasteiger partial charge in [-0.1, -0.05) is 0 Å². The predicted octanol–water partition coefficient (Wildman–Crippen LogP) is 0.167. The average molecular weight is 188 g/mol. The van der Waals surface area contributed by atoms with Crippen LogP contribution in [0.5, 0.6) is 0 Å². The Morgan fingerprint density at radius 1 is 1.64 bits per heavy atom. The largest absolute Gasteiger partial charge is 0.418 e. The first-order chi connectivity index (χ1) is 4.88. The molecule has 2 N–H and O–H groups in total. The van der Waals surface area contributed by atoms with Gasteiger partial charge in [0.05, 0.1) is 6.07 Å². The fraction of sp³-hybridized carbons (Fsp3) is 0.667. The average Bonchev–Trinajstić information content (AvgIpc) is 1.79. The Hall–Kier alpha value is -0.650. The van der Waals surface area contributed by atoms with Gasteiger partial charge in [-0.05, 0) is 0 Å². The van der Waals surface area contributed by atoms with Gasteiger partial charge in [-0.25, -0.2) is 4.21 Å². The lowest BCUT2D eigenvalue weighted by Gasteiger charge is -2.11. The lowest BCUT2D eigenvalue weighted by atomic mass is 10.3. The number of hydrogen-bond acceptors (Lipinski definition) is 2. The van der Waals surface area contributed by atoms with E-state index in [4.69, 9.17) is 9.81 Å². The lowest BCUT2D eigenvalue weighted by Crippen LogP contribution is -2.41. The second kappa shape index (κ2) is 3.66. The van der Waals surface area contributed by atoms with Gasteiger partial charge in [-0.2, -0.15) is 23.2 Å². The van der Waals surface area contributed by atoms with E-state index >= 15 is 0 Å². The summed E-state index contributed by atoms with van der Waals surface area (Å²) in [5.74, 6) is 0. The molecule has 0 radical (unpaired) electrons. The highest BCUT2D eigenvalue weighted by atomic mass is 32.2. The molecule has 0 aliphatic carbocycles. The second-order valence-electron chi connectivity index (χ2n) is 1.47. The maximum absolute atomic E-state index is 11.6. The third kappa shape index (κ3) is 3.92. The summed E-state index contributed by atoms with van der Waals surface area (Å²) in [5.41, 5.74) is 0.